The van der Waals surface area contributed by atoms with Crippen LogP contribution in [0.3, 0.4) is 0 Å². The van der Waals surface area contributed by atoms with Crippen LogP contribution in [-0.4, -0.2) is 29.6 Å². The lowest BCUT2D eigenvalue weighted by atomic mass is 9.94. The van der Waals surface area contributed by atoms with Gasteiger partial charge in [0.05, 0.1) is 0 Å². The van der Waals surface area contributed by atoms with E-state index < -0.39 is 0 Å². The van der Waals surface area contributed by atoms with Gasteiger partial charge in [-0.05, 0) is 67.7 Å². The van der Waals surface area contributed by atoms with E-state index in [1.807, 2.05) is 0 Å². The highest BCUT2D eigenvalue weighted by Crippen LogP contribution is 2.32. The zero-order chi connectivity index (χ0) is 18.4. The highest BCUT2D eigenvalue weighted by atomic mass is 15.1. The molecule has 0 aliphatic carbocycles. The molecule has 2 aliphatic heterocycles. The third kappa shape index (κ3) is 2.99. The van der Waals surface area contributed by atoms with Crippen LogP contribution in [-0.2, 0) is 38.9 Å². The first-order chi connectivity index (χ1) is 13.2. The molecular weight excluding hydrogens is 330 g/mol. The van der Waals surface area contributed by atoms with Gasteiger partial charge < -0.3 is 14.8 Å². The van der Waals surface area contributed by atoms with Crippen molar-refractivity contribution < 1.29 is 0 Å². The Labute approximate surface area is 162 Å². The molecule has 3 heteroatoms. The van der Waals surface area contributed by atoms with Gasteiger partial charge in [0.1, 0.15) is 0 Å². The van der Waals surface area contributed by atoms with Crippen LogP contribution >= 0.6 is 0 Å². The molecule has 0 spiro atoms. The second-order valence-corrected chi connectivity index (χ2v) is 8.32. The molecule has 3 heterocycles. The molecule has 0 unspecified atom stereocenters. The van der Waals surface area contributed by atoms with E-state index >= 15 is 0 Å². The molecule has 0 fully saturated rings. The second kappa shape index (κ2) is 6.81. The maximum absolute atomic E-state index is 3.50. The number of hydrogen-bond donors (Lipinski definition) is 1. The molecule has 1 N–H and O–H groups in total. The third-order valence-corrected chi connectivity index (χ3v) is 6.44. The van der Waals surface area contributed by atoms with E-state index in [1.165, 1.54) is 28.5 Å². The van der Waals surface area contributed by atoms with E-state index in [1.54, 1.807) is 22.4 Å². The Morgan fingerprint density at radius 3 is 2.93 bits per heavy atom. The normalized spacial score (nSPS) is 17.1. The Balaban J connectivity index is 1.53. The van der Waals surface area contributed by atoms with Crippen LogP contribution in [0, 0.1) is 6.92 Å². The fourth-order valence-corrected chi connectivity index (χ4v) is 5.03. The summed E-state index contributed by atoms with van der Waals surface area (Å²) in [5, 5.41) is 4.97. The lowest BCUT2D eigenvalue weighted by molar-refractivity contribution is 0.309. The molecular formula is C24H29N3. The van der Waals surface area contributed by atoms with Gasteiger partial charge in [-0.15, -0.1) is 0 Å². The smallest absolute Gasteiger partial charge is 0.0486 e. The summed E-state index contributed by atoms with van der Waals surface area (Å²) in [7, 11) is 2.24. The first kappa shape index (κ1) is 17.0. The minimum absolute atomic E-state index is 1.02. The lowest BCUT2D eigenvalue weighted by Gasteiger charge is -2.25. The highest BCUT2D eigenvalue weighted by molar-refractivity contribution is 5.86. The van der Waals surface area contributed by atoms with Crippen LogP contribution in [0.25, 0.3) is 10.9 Å². The number of likely N-dealkylation sites (N-methyl/N-ethyl adjacent to an activating group) is 1. The van der Waals surface area contributed by atoms with Crippen molar-refractivity contribution in [2.75, 3.05) is 20.1 Å². The van der Waals surface area contributed by atoms with Crippen LogP contribution in [0.5, 0.6) is 0 Å². The Morgan fingerprint density at radius 2 is 2.00 bits per heavy atom. The summed E-state index contributed by atoms with van der Waals surface area (Å²) in [4.78, 5) is 2.45. The zero-order valence-corrected chi connectivity index (χ0v) is 16.5. The number of benzene rings is 2. The van der Waals surface area contributed by atoms with Gasteiger partial charge in [0.15, 0.2) is 0 Å². The molecule has 140 valence electrons. The number of aryl methyl sites for hydroxylation is 3. The molecule has 0 amide bonds. The van der Waals surface area contributed by atoms with Crippen molar-refractivity contribution in [2.24, 2.45) is 0 Å². The van der Waals surface area contributed by atoms with Crippen molar-refractivity contribution in [3.63, 3.8) is 0 Å². The van der Waals surface area contributed by atoms with Crippen molar-refractivity contribution in [2.45, 2.75) is 45.8 Å². The molecule has 5 rings (SSSR count). The first-order valence-electron chi connectivity index (χ1n) is 10.3. The van der Waals surface area contributed by atoms with Crippen molar-refractivity contribution in [3.05, 3.63) is 69.9 Å². The maximum Gasteiger partial charge on any atom is 0.0486 e. The van der Waals surface area contributed by atoms with Crippen LogP contribution in [0.2, 0.25) is 0 Å². The molecule has 27 heavy (non-hydrogen) atoms. The molecule has 0 radical (unpaired) electrons. The zero-order valence-electron chi connectivity index (χ0n) is 16.5. The molecule has 0 saturated carbocycles. The van der Waals surface area contributed by atoms with Crippen molar-refractivity contribution in [1.82, 2.24) is 14.8 Å². The van der Waals surface area contributed by atoms with Gasteiger partial charge in [-0.3, -0.25) is 0 Å². The maximum atomic E-state index is 3.50. The van der Waals surface area contributed by atoms with Crippen LogP contribution in [0.15, 0.2) is 36.4 Å². The van der Waals surface area contributed by atoms with Crippen molar-refractivity contribution in [3.8, 4) is 0 Å². The summed E-state index contributed by atoms with van der Waals surface area (Å²) in [5.41, 5.74) is 10.5. The van der Waals surface area contributed by atoms with E-state index in [4.69, 9.17) is 0 Å². The van der Waals surface area contributed by atoms with E-state index in [0.29, 0.717) is 0 Å². The largest absolute Gasteiger partial charge is 0.344 e. The van der Waals surface area contributed by atoms with Gasteiger partial charge in [0.2, 0.25) is 0 Å². The Morgan fingerprint density at radius 1 is 1.07 bits per heavy atom. The second-order valence-electron chi connectivity index (χ2n) is 8.32. The molecule has 2 aromatic carbocycles. The van der Waals surface area contributed by atoms with Crippen LogP contribution < -0.4 is 5.32 Å². The number of aromatic nitrogens is 1. The standard InChI is InChI=1S/C24H29N3/c1-17-6-7-23-21(14-17)22-16-26(2)12-10-24(22)27(23)13-9-18-4-3-5-19-15-25-11-8-20(18)19/h3-7,14,25H,8-13,15-16H2,1-2H3. The summed E-state index contributed by atoms with van der Waals surface area (Å²) >= 11 is 0. The Kier molecular flexibility index (Phi) is 4.30. The molecule has 3 nitrogen and oxygen atoms in total. The Hall–Kier alpha value is -2.10. The van der Waals surface area contributed by atoms with E-state index in [2.05, 4.69) is 65.2 Å². The van der Waals surface area contributed by atoms with Gasteiger partial charge in [-0.1, -0.05) is 29.8 Å². The molecule has 0 bridgehead atoms. The monoisotopic (exact) mass is 359 g/mol. The van der Waals surface area contributed by atoms with Gasteiger partial charge in [-0.25, -0.2) is 0 Å². The third-order valence-electron chi connectivity index (χ3n) is 6.44. The molecule has 3 aromatic rings. The SMILES string of the molecule is Cc1ccc2c(c1)c1c(n2CCc2cccc3c2CCNC3)CCN(C)C1. The number of nitrogens with zero attached hydrogens (tertiary/aromatic N) is 2. The summed E-state index contributed by atoms with van der Waals surface area (Å²) in [6.07, 6.45) is 3.46. The average molecular weight is 360 g/mol. The molecule has 0 atom stereocenters. The molecule has 0 saturated heterocycles. The first-order valence-corrected chi connectivity index (χ1v) is 10.3. The van der Waals surface area contributed by atoms with Gasteiger partial charge in [0, 0.05) is 49.2 Å². The predicted molar refractivity (Wildman–Crippen MR) is 112 cm³/mol. The summed E-state index contributed by atoms with van der Waals surface area (Å²) in [6, 6.07) is 13.9. The Bertz CT molecular complexity index is 999. The fraction of sp³-hybridized carbons (Fsp3) is 0.417. The topological polar surface area (TPSA) is 20.2 Å². The van der Waals surface area contributed by atoms with Crippen molar-refractivity contribution >= 4 is 10.9 Å². The quantitative estimate of drug-likeness (QED) is 0.767. The van der Waals surface area contributed by atoms with Gasteiger partial charge in [-0.2, -0.15) is 0 Å². The number of fused-ring (bicyclic) bond motifs is 4. The van der Waals surface area contributed by atoms with E-state index in [-0.39, 0.29) is 0 Å². The summed E-state index contributed by atoms with van der Waals surface area (Å²) in [6.45, 7) is 7.67. The van der Waals surface area contributed by atoms with Gasteiger partial charge >= 0.3 is 0 Å². The number of hydrogen-bond acceptors (Lipinski definition) is 2. The molecule has 1 aromatic heterocycles. The van der Waals surface area contributed by atoms with Crippen LogP contribution in [0.1, 0.15) is 33.5 Å². The predicted octanol–water partition coefficient (Wildman–Crippen LogP) is 3.83. The minimum atomic E-state index is 1.02. The lowest BCUT2D eigenvalue weighted by Crippen LogP contribution is -2.27. The minimum Gasteiger partial charge on any atom is -0.344 e. The van der Waals surface area contributed by atoms with Gasteiger partial charge in [0.25, 0.3) is 0 Å². The van der Waals surface area contributed by atoms with Crippen molar-refractivity contribution in [1.29, 1.82) is 0 Å². The summed E-state index contributed by atoms with van der Waals surface area (Å²) in [5.74, 6) is 0. The summed E-state index contributed by atoms with van der Waals surface area (Å²) < 4.78 is 2.62. The fourth-order valence-electron chi connectivity index (χ4n) is 5.03. The average Bonchev–Trinajstić information content (AvgIpc) is 2.98. The van der Waals surface area contributed by atoms with Crippen LogP contribution in [0.4, 0.5) is 0 Å². The number of nitrogens with one attached hydrogen (secondary N) is 1. The van der Waals surface area contributed by atoms with E-state index in [9.17, 15) is 0 Å². The highest BCUT2D eigenvalue weighted by Gasteiger charge is 2.22. The van der Waals surface area contributed by atoms with E-state index in [0.717, 1.165) is 45.6 Å². The molecule has 2 aliphatic rings. The number of rotatable bonds is 3.